The van der Waals surface area contributed by atoms with Gasteiger partial charge < -0.3 is 19.8 Å². The maximum atomic E-state index is 14.5. The zero-order valence-electron chi connectivity index (χ0n) is 24.9. The summed E-state index contributed by atoms with van der Waals surface area (Å²) in [5.41, 5.74) is 10.0. The number of phenols is 2. The normalized spacial score (nSPS) is 12.6. The molecule has 5 aromatic carbocycles. The van der Waals surface area contributed by atoms with E-state index >= 15 is 0 Å². The topological polar surface area (TPSA) is 70.0 Å². The zero-order valence-corrected chi connectivity index (χ0v) is 24.9. The first kappa shape index (κ1) is 28.6. The number of benzene rings is 5. The lowest BCUT2D eigenvalue weighted by molar-refractivity contribution is -0.113. The molecule has 0 atom stereocenters. The molecule has 0 saturated carbocycles. The lowest BCUT2D eigenvalue weighted by Gasteiger charge is -2.18. The first-order valence-electron chi connectivity index (χ1n) is 14.5. The van der Waals surface area contributed by atoms with Crippen LogP contribution >= 0.6 is 0 Å². The Morgan fingerprint density at radius 2 is 1.27 bits per heavy atom. The van der Waals surface area contributed by atoms with Gasteiger partial charge in [-0.1, -0.05) is 72.8 Å². The molecule has 5 nitrogen and oxygen atoms in total. The van der Waals surface area contributed by atoms with Crippen LogP contribution in [0.5, 0.6) is 17.2 Å². The van der Waals surface area contributed by atoms with Crippen molar-refractivity contribution in [1.82, 2.24) is 0 Å². The van der Waals surface area contributed by atoms with E-state index in [1.807, 2.05) is 65.6 Å². The molecule has 1 amide bonds. The van der Waals surface area contributed by atoms with Gasteiger partial charge in [0.15, 0.2) is 0 Å². The van der Waals surface area contributed by atoms with Crippen LogP contribution in [0.2, 0.25) is 0 Å². The molecule has 0 fully saturated rings. The molecule has 1 aliphatic heterocycles. The fraction of sp³-hybridized carbons (Fsp3) is 0.103. The Bertz CT molecular complexity index is 1850. The van der Waals surface area contributed by atoms with Crippen LogP contribution in [0, 0.1) is 13.8 Å². The third-order valence-electron chi connectivity index (χ3n) is 8.10. The van der Waals surface area contributed by atoms with Crippen molar-refractivity contribution in [2.24, 2.45) is 0 Å². The summed E-state index contributed by atoms with van der Waals surface area (Å²) in [5, 5.41) is 20.1. The van der Waals surface area contributed by atoms with Crippen LogP contribution in [0.25, 0.3) is 23.3 Å². The van der Waals surface area contributed by atoms with E-state index in [0.717, 1.165) is 50.4 Å². The molecule has 0 bridgehead atoms. The molecule has 1 heterocycles. The molecule has 2 N–H and O–H groups in total. The highest BCUT2D eigenvalue weighted by Crippen LogP contribution is 2.44. The molecular formula is C39H33NO4. The number of fused-ring (bicyclic) bond motifs is 1. The van der Waals surface area contributed by atoms with Gasteiger partial charge in [-0.25, -0.2) is 0 Å². The summed E-state index contributed by atoms with van der Waals surface area (Å²) < 4.78 is 5.33. The van der Waals surface area contributed by atoms with Crippen LogP contribution in [0.15, 0.2) is 109 Å². The third kappa shape index (κ3) is 5.72. The van der Waals surface area contributed by atoms with Crippen LogP contribution in [0.1, 0.15) is 44.5 Å². The van der Waals surface area contributed by atoms with E-state index in [1.54, 1.807) is 31.4 Å². The number of anilines is 1. The van der Waals surface area contributed by atoms with Gasteiger partial charge in [0.2, 0.25) is 0 Å². The second-order valence-electron chi connectivity index (χ2n) is 11.0. The van der Waals surface area contributed by atoms with Crippen molar-refractivity contribution in [3.05, 3.63) is 154 Å². The van der Waals surface area contributed by atoms with Crippen LogP contribution in [0.3, 0.4) is 0 Å². The fourth-order valence-electron chi connectivity index (χ4n) is 5.54. The van der Waals surface area contributed by atoms with Gasteiger partial charge in [0, 0.05) is 11.1 Å². The molecule has 1 aliphatic rings. The summed E-state index contributed by atoms with van der Waals surface area (Å²) in [5.74, 6) is 0.913. The Morgan fingerprint density at radius 1 is 0.705 bits per heavy atom. The van der Waals surface area contributed by atoms with E-state index in [2.05, 4.69) is 50.3 Å². The Morgan fingerprint density at radius 3 is 1.84 bits per heavy atom. The van der Waals surface area contributed by atoms with Crippen molar-refractivity contribution in [1.29, 1.82) is 0 Å². The van der Waals surface area contributed by atoms with Crippen molar-refractivity contribution >= 4 is 34.9 Å². The molecule has 5 heteroatoms. The van der Waals surface area contributed by atoms with Crippen LogP contribution in [-0.2, 0) is 11.3 Å². The highest BCUT2D eigenvalue weighted by molar-refractivity contribution is 6.39. The van der Waals surface area contributed by atoms with Crippen molar-refractivity contribution in [3.63, 3.8) is 0 Å². The SMILES string of the molecule is COc1ccc(CN2C(=O)C(=C(c3ccc(O)cc3)c3ccc(O)cc3)c3cc(/C=C/c4ccc(C)c(C)c4)ccc32)cc1. The highest BCUT2D eigenvalue weighted by Gasteiger charge is 2.35. The summed E-state index contributed by atoms with van der Waals surface area (Å²) in [6.07, 6.45) is 4.16. The number of hydrogen-bond donors (Lipinski definition) is 2. The number of nitrogens with zero attached hydrogens (tertiary/aromatic N) is 1. The molecule has 0 radical (unpaired) electrons. The van der Waals surface area contributed by atoms with Crippen molar-refractivity contribution < 1.29 is 19.7 Å². The van der Waals surface area contributed by atoms with Gasteiger partial charge in [0.05, 0.1) is 24.9 Å². The van der Waals surface area contributed by atoms with Gasteiger partial charge in [-0.2, -0.15) is 0 Å². The second-order valence-corrected chi connectivity index (χ2v) is 11.0. The van der Waals surface area contributed by atoms with Crippen molar-refractivity contribution in [3.8, 4) is 17.2 Å². The Labute approximate surface area is 257 Å². The van der Waals surface area contributed by atoms with E-state index in [1.165, 1.54) is 11.1 Å². The van der Waals surface area contributed by atoms with Gasteiger partial charge in [-0.3, -0.25) is 4.79 Å². The molecule has 0 aromatic heterocycles. The molecule has 0 saturated heterocycles. The van der Waals surface area contributed by atoms with Gasteiger partial charge in [0.1, 0.15) is 17.2 Å². The molecule has 0 unspecified atom stereocenters. The van der Waals surface area contributed by atoms with Crippen molar-refractivity contribution in [2.45, 2.75) is 20.4 Å². The summed E-state index contributed by atoms with van der Waals surface area (Å²) in [7, 11) is 1.63. The average Bonchev–Trinajstić information content (AvgIpc) is 3.30. The molecule has 44 heavy (non-hydrogen) atoms. The lowest BCUT2D eigenvalue weighted by atomic mass is 9.89. The monoisotopic (exact) mass is 579 g/mol. The standard InChI is InChI=1S/C39H33NO4/c1-25-4-5-27(22-26(25)2)6-7-28-10-21-36-35(23-28)38(39(43)40(36)24-29-8-19-34(44-3)20-9-29)37(30-11-15-32(41)16-12-30)31-13-17-33(42)18-14-31/h4-23,41-42H,24H2,1-3H3/b7-6+. The molecule has 5 aromatic rings. The second kappa shape index (κ2) is 12.0. The number of aryl methyl sites for hydroxylation is 2. The average molecular weight is 580 g/mol. The van der Waals surface area contributed by atoms with Crippen molar-refractivity contribution in [2.75, 3.05) is 12.0 Å². The first-order valence-corrected chi connectivity index (χ1v) is 14.5. The summed E-state index contributed by atoms with van der Waals surface area (Å²) in [6.45, 7) is 4.59. The number of phenolic OH excluding ortho intramolecular Hbond substituents is 2. The molecular weight excluding hydrogens is 546 g/mol. The number of carbonyl (C=O) groups excluding carboxylic acids is 1. The quantitative estimate of drug-likeness (QED) is 0.150. The number of aromatic hydroxyl groups is 2. The number of amides is 1. The predicted molar refractivity (Wildman–Crippen MR) is 178 cm³/mol. The zero-order chi connectivity index (χ0) is 30.8. The van der Waals surface area contributed by atoms with E-state index in [4.69, 9.17) is 4.74 Å². The lowest BCUT2D eigenvalue weighted by Crippen LogP contribution is -2.26. The molecule has 0 aliphatic carbocycles. The number of hydrogen-bond acceptors (Lipinski definition) is 4. The van der Waals surface area contributed by atoms with Crippen LogP contribution in [-0.4, -0.2) is 23.2 Å². The van der Waals surface area contributed by atoms with Gasteiger partial charge in [-0.05, 0) is 101 Å². The summed E-state index contributed by atoms with van der Waals surface area (Å²) >= 11 is 0. The van der Waals surface area contributed by atoms with Gasteiger partial charge in [0.25, 0.3) is 5.91 Å². The van der Waals surface area contributed by atoms with Gasteiger partial charge >= 0.3 is 0 Å². The summed E-state index contributed by atoms with van der Waals surface area (Å²) in [4.78, 5) is 16.3. The van der Waals surface area contributed by atoms with E-state index in [-0.39, 0.29) is 17.4 Å². The molecule has 0 spiro atoms. The van der Waals surface area contributed by atoms with E-state index in [9.17, 15) is 15.0 Å². The maximum absolute atomic E-state index is 14.5. The number of carbonyl (C=O) groups is 1. The third-order valence-corrected chi connectivity index (χ3v) is 8.10. The van der Waals surface area contributed by atoms with Crippen LogP contribution in [0.4, 0.5) is 5.69 Å². The fourth-order valence-corrected chi connectivity index (χ4v) is 5.54. The Balaban J connectivity index is 1.53. The van der Waals surface area contributed by atoms with Gasteiger partial charge in [-0.15, -0.1) is 0 Å². The Kier molecular flexibility index (Phi) is 7.78. The number of rotatable bonds is 7. The molecule has 6 rings (SSSR count). The Hall–Kier alpha value is -5.55. The minimum atomic E-state index is -0.123. The minimum Gasteiger partial charge on any atom is -0.508 e. The number of ether oxygens (including phenoxy) is 1. The number of methoxy groups -OCH3 is 1. The minimum absolute atomic E-state index is 0.123. The summed E-state index contributed by atoms with van der Waals surface area (Å²) in [6, 6.07) is 34.0. The largest absolute Gasteiger partial charge is 0.508 e. The van der Waals surface area contributed by atoms with Crippen LogP contribution < -0.4 is 9.64 Å². The highest BCUT2D eigenvalue weighted by atomic mass is 16.5. The van der Waals surface area contributed by atoms with E-state index in [0.29, 0.717) is 12.1 Å². The first-order chi connectivity index (χ1) is 21.3. The smallest absolute Gasteiger partial charge is 0.259 e. The molecule has 218 valence electrons. The van der Waals surface area contributed by atoms with E-state index < -0.39 is 0 Å². The predicted octanol–water partition coefficient (Wildman–Crippen LogP) is 8.40. The maximum Gasteiger partial charge on any atom is 0.259 e.